The molecule has 1 saturated carbocycles. The summed E-state index contributed by atoms with van der Waals surface area (Å²) in [5, 5.41) is 13.0. The van der Waals surface area contributed by atoms with Gasteiger partial charge in [-0.2, -0.15) is 0 Å². The van der Waals surface area contributed by atoms with E-state index < -0.39 is 30.1 Å². The number of amides is 1. The molecule has 0 heterocycles. The second-order valence-corrected chi connectivity index (χ2v) is 8.19. The predicted molar refractivity (Wildman–Crippen MR) is 108 cm³/mol. The maximum absolute atomic E-state index is 12.6. The molecule has 1 aliphatic rings. The highest BCUT2D eigenvalue weighted by atomic mass is 16.5. The number of aliphatic hydroxyl groups is 1. The van der Waals surface area contributed by atoms with Gasteiger partial charge in [-0.3, -0.25) is 4.79 Å². The van der Waals surface area contributed by atoms with Gasteiger partial charge >= 0.3 is 5.97 Å². The van der Waals surface area contributed by atoms with Crippen molar-refractivity contribution in [2.24, 2.45) is 11.7 Å². The summed E-state index contributed by atoms with van der Waals surface area (Å²) in [6.45, 7) is 3.95. The molecule has 0 radical (unpaired) electrons. The van der Waals surface area contributed by atoms with E-state index >= 15 is 0 Å². The monoisotopic (exact) mass is 390 g/mol. The van der Waals surface area contributed by atoms with Crippen molar-refractivity contribution in [1.29, 1.82) is 0 Å². The van der Waals surface area contributed by atoms with Crippen molar-refractivity contribution in [1.82, 2.24) is 5.32 Å². The highest BCUT2D eigenvalue weighted by Crippen LogP contribution is 2.21. The summed E-state index contributed by atoms with van der Waals surface area (Å²) in [5.41, 5.74) is 6.97. The molecule has 1 aromatic rings. The van der Waals surface area contributed by atoms with Crippen LogP contribution in [0, 0.1) is 5.92 Å². The number of hydrogen-bond acceptors (Lipinski definition) is 5. The summed E-state index contributed by atoms with van der Waals surface area (Å²) in [4.78, 5) is 25.1. The normalized spacial score (nSPS) is 18.3. The second-order valence-electron chi connectivity index (χ2n) is 8.19. The van der Waals surface area contributed by atoms with Crippen LogP contribution in [0.4, 0.5) is 0 Å². The van der Waals surface area contributed by atoms with Crippen LogP contribution in [0.15, 0.2) is 30.3 Å². The predicted octanol–water partition coefficient (Wildman–Crippen LogP) is 2.32. The molecule has 0 bridgehead atoms. The minimum atomic E-state index is -1.39. The van der Waals surface area contributed by atoms with Crippen molar-refractivity contribution < 1.29 is 19.4 Å². The van der Waals surface area contributed by atoms with Gasteiger partial charge in [0, 0.05) is 6.04 Å². The van der Waals surface area contributed by atoms with Gasteiger partial charge in [-0.05, 0) is 50.0 Å². The fourth-order valence-corrected chi connectivity index (χ4v) is 3.56. The Bertz CT molecular complexity index is 614. The number of nitrogens with one attached hydrogen (secondary N) is 1. The number of esters is 1. The SMILES string of the molecule is CC(C)C[C@H](NC(=O)[C@@H](O)[C@H](N)Cc1ccccc1)C(=O)OC1CCCCC1. The maximum Gasteiger partial charge on any atom is 0.328 e. The van der Waals surface area contributed by atoms with Gasteiger partial charge in [0.25, 0.3) is 5.91 Å². The van der Waals surface area contributed by atoms with Gasteiger partial charge in [0.15, 0.2) is 0 Å². The van der Waals surface area contributed by atoms with Crippen LogP contribution in [0.5, 0.6) is 0 Å². The van der Waals surface area contributed by atoms with E-state index in [4.69, 9.17) is 10.5 Å². The zero-order valence-electron chi connectivity index (χ0n) is 17.0. The number of benzene rings is 1. The van der Waals surface area contributed by atoms with Crippen LogP contribution in [0.2, 0.25) is 0 Å². The van der Waals surface area contributed by atoms with Gasteiger partial charge in [-0.1, -0.05) is 50.6 Å². The average Bonchev–Trinajstić information content (AvgIpc) is 2.68. The largest absolute Gasteiger partial charge is 0.461 e. The third-order valence-corrected chi connectivity index (χ3v) is 5.13. The van der Waals surface area contributed by atoms with Crippen LogP contribution in [-0.2, 0) is 20.7 Å². The molecule has 156 valence electrons. The molecule has 2 rings (SSSR count). The molecule has 0 aromatic heterocycles. The van der Waals surface area contributed by atoms with Gasteiger partial charge in [0.1, 0.15) is 18.2 Å². The van der Waals surface area contributed by atoms with Crippen molar-refractivity contribution in [3.8, 4) is 0 Å². The summed E-state index contributed by atoms with van der Waals surface area (Å²) in [5.74, 6) is -0.855. The van der Waals surface area contributed by atoms with Crippen molar-refractivity contribution in [3.05, 3.63) is 35.9 Å². The van der Waals surface area contributed by atoms with E-state index in [1.807, 2.05) is 44.2 Å². The third kappa shape index (κ3) is 7.24. The van der Waals surface area contributed by atoms with Crippen molar-refractivity contribution in [2.45, 2.75) is 83.1 Å². The quantitative estimate of drug-likeness (QED) is 0.562. The van der Waals surface area contributed by atoms with E-state index in [1.54, 1.807) is 0 Å². The van der Waals surface area contributed by atoms with E-state index in [0.29, 0.717) is 12.8 Å². The standard InChI is InChI=1S/C22H34N2O4/c1-15(2)13-19(22(27)28-17-11-7-4-8-12-17)24-21(26)20(25)18(23)14-16-9-5-3-6-10-16/h3,5-6,9-10,15,17-20,25H,4,7-8,11-14,23H2,1-2H3,(H,24,26)/t18-,19+,20+/m1/s1. The molecule has 1 amide bonds. The second kappa shape index (κ2) is 11.2. The number of rotatable bonds is 9. The molecule has 0 saturated heterocycles. The first kappa shape index (κ1) is 22.4. The first-order chi connectivity index (χ1) is 13.4. The van der Waals surface area contributed by atoms with Crippen molar-refractivity contribution >= 4 is 11.9 Å². The molecule has 0 aliphatic heterocycles. The van der Waals surface area contributed by atoms with Gasteiger partial charge in [-0.15, -0.1) is 0 Å². The number of nitrogens with two attached hydrogens (primary N) is 1. The van der Waals surface area contributed by atoms with E-state index in [0.717, 1.165) is 31.2 Å². The van der Waals surface area contributed by atoms with Gasteiger partial charge in [-0.25, -0.2) is 4.79 Å². The topological polar surface area (TPSA) is 102 Å². The Morgan fingerprint density at radius 1 is 1.18 bits per heavy atom. The van der Waals surface area contributed by atoms with Crippen molar-refractivity contribution in [3.63, 3.8) is 0 Å². The molecule has 6 heteroatoms. The number of aliphatic hydroxyl groups excluding tert-OH is 1. The Kier molecular flexibility index (Phi) is 8.93. The Labute approximate surface area is 167 Å². The molecule has 0 spiro atoms. The summed E-state index contributed by atoms with van der Waals surface area (Å²) >= 11 is 0. The van der Waals surface area contributed by atoms with E-state index in [2.05, 4.69) is 5.32 Å². The molecular formula is C22H34N2O4. The number of carbonyl (C=O) groups excluding carboxylic acids is 2. The fraction of sp³-hybridized carbons (Fsp3) is 0.636. The lowest BCUT2D eigenvalue weighted by Gasteiger charge is -2.27. The molecule has 4 N–H and O–H groups in total. The van der Waals surface area contributed by atoms with Crippen molar-refractivity contribution in [2.75, 3.05) is 0 Å². The number of hydrogen-bond donors (Lipinski definition) is 3. The summed E-state index contributed by atoms with van der Waals surface area (Å²) < 4.78 is 5.62. The van der Waals surface area contributed by atoms with Crippen LogP contribution in [0.1, 0.15) is 57.9 Å². The molecule has 1 aromatic carbocycles. The van der Waals surface area contributed by atoms with Crippen LogP contribution in [-0.4, -0.2) is 41.3 Å². The number of carbonyl (C=O) groups is 2. The molecule has 0 unspecified atom stereocenters. The highest BCUT2D eigenvalue weighted by molar-refractivity contribution is 5.87. The van der Waals surface area contributed by atoms with E-state index in [9.17, 15) is 14.7 Å². The zero-order chi connectivity index (χ0) is 20.5. The Morgan fingerprint density at radius 2 is 1.82 bits per heavy atom. The molecule has 1 aliphatic carbocycles. The molecule has 1 fully saturated rings. The smallest absolute Gasteiger partial charge is 0.328 e. The Morgan fingerprint density at radius 3 is 2.43 bits per heavy atom. The van der Waals surface area contributed by atoms with E-state index in [-0.39, 0.29) is 12.0 Å². The molecule has 6 nitrogen and oxygen atoms in total. The summed E-state index contributed by atoms with van der Waals surface area (Å²) in [6, 6.07) is 7.93. The lowest BCUT2D eigenvalue weighted by Crippen LogP contribution is -2.52. The summed E-state index contributed by atoms with van der Waals surface area (Å²) in [6.07, 6.45) is 4.41. The van der Waals surface area contributed by atoms with Gasteiger partial charge < -0.3 is 20.9 Å². The Balaban J connectivity index is 1.93. The average molecular weight is 391 g/mol. The minimum Gasteiger partial charge on any atom is -0.461 e. The van der Waals surface area contributed by atoms with Crippen LogP contribution >= 0.6 is 0 Å². The number of ether oxygens (including phenoxy) is 1. The first-order valence-corrected chi connectivity index (χ1v) is 10.3. The zero-order valence-corrected chi connectivity index (χ0v) is 17.0. The van der Waals surface area contributed by atoms with E-state index in [1.165, 1.54) is 6.42 Å². The molecule has 3 atom stereocenters. The lowest BCUT2D eigenvalue weighted by atomic mass is 9.97. The third-order valence-electron chi connectivity index (χ3n) is 5.13. The van der Waals surface area contributed by atoms with Crippen LogP contribution < -0.4 is 11.1 Å². The molecular weight excluding hydrogens is 356 g/mol. The first-order valence-electron chi connectivity index (χ1n) is 10.3. The molecule has 28 heavy (non-hydrogen) atoms. The fourth-order valence-electron chi connectivity index (χ4n) is 3.56. The summed E-state index contributed by atoms with van der Waals surface area (Å²) in [7, 11) is 0. The van der Waals surface area contributed by atoms with Crippen LogP contribution in [0.25, 0.3) is 0 Å². The lowest BCUT2D eigenvalue weighted by molar-refractivity contribution is -0.155. The van der Waals surface area contributed by atoms with Gasteiger partial charge in [0.2, 0.25) is 0 Å². The highest BCUT2D eigenvalue weighted by Gasteiger charge is 2.31. The Hall–Kier alpha value is -1.92. The maximum atomic E-state index is 12.6. The van der Waals surface area contributed by atoms with Gasteiger partial charge in [0.05, 0.1) is 0 Å². The minimum absolute atomic E-state index is 0.0712. The van der Waals surface area contributed by atoms with Crippen LogP contribution in [0.3, 0.4) is 0 Å².